The topological polar surface area (TPSA) is 58.1 Å². The standard InChI is InChI=1S/C12H20N4OS/c1-5-9-14-11(18-15-9)13-8-6-10(17)16(7-8)12(2,3)4/h8H,5-7H2,1-4H3,(H,13,14,15)/t8-/m0/s1. The van der Waals surface area contributed by atoms with Gasteiger partial charge in [-0.25, -0.2) is 4.98 Å². The SMILES string of the molecule is CCc1nsc(N[C@H]2CC(=O)N(C(C)(C)C)C2)n1. The highest BCUT2D eigenvalue weighted by molar-refractivity contribution is 7.09. The summed E-state index contributed by atoms with van der Waals surface area (Å²) in [5.74, 6) is 1.07. The number of anilines is 1. The molecule has 0 aliphatic carbocycles. The number of carbonyl (C=O) groups is 1. The van der Waals surface area contributed by atoms with Gasteiger partial charge in [-0.05, 0) is 20.8 Å². The number of carbonyl (C=O) groups excluding carboxylic acids is 1. The van der Waals surface area contributed by atoms with Gasteiger partial charge in [-0.15, -0.1) is 0 Å². The molecule has 18 heavy (non-hydrogen) atoms. The zero-order valence-corrected chi connectivity index (χ0v) is 12.2. The molecule has 1 aliphatic rings. The highest BCUT2D eigenvalue weighted by Crippen LogP contribution is 2.24. The second-order valence-electron chi connectivity index (χ2n) is 5.59. The lowest BCUT2D eigenvalue weighted by atomic mass is 10.1. The number of rotatable bonds is 3. The molecule has 0 saturated carbocycles. The van der Waals surface area contributed by atoms with E-state index in [1.807, 2.05) is 11.8 Å². The maximum atomic E-state index is 11.9. The summed E-state index contributed by atoms with van der Waals surface area (Å²) in [5.41, 5.74) is -0.108. The van der Waals surface area contributed by atoms with Crippen molar-refractivity contribution in [3.63, 3.8) is 0 Å². The Hall–Kier alpha value is -1.17. The molecular formula is C12H20N4OS. The first kappa shape index (κ1) is 13.3. The van der Waals surface area contributed by atoms with E-state index in [2.05, 4.69) is 35.4 Å². The Morgan fingerprint density at radius 1 is 1.50 bits per heavy atom. The fourth-order valence-electron chi connectivity index (χ4n) is 2.08. The summed E-state index contributed by atoms with van der Waals surface area (Å²) >= 11 is 1.37. The Labute approximate surface area is 112 Å². The smallest absolute Gasteiger partial charge is 0.225 e. The second-order valence-corrected chi connectivity index (χ2v) is 6.34. The molecule has 1 saturated heterocycles. The fourth-order valence-corrected chi connectivity index (χ4v) is 2.81. The van der Waals surface area contributed by atoms with E-state index in [0.717, 1.165) is 23.9 Å². The first-order valence-electron chi connectivity index (χ1n) is 6.29. The van der Waals surface area contributed by atoms with E-state index in [0.29, 0.717) is 6.42 Å². The molecule has 0 bridgehead atoms. The van der Waals surface area contributed by atoms with Gasteiger partial charge in [0.1, 0.15) is 5.82 Å². The van der Waals surface area contributed by atoms with Gasteiger partial charge in [0, 0.05) is 36.5 Å². The van der Waals surface area contributed by atoms with Crippen LogP contribution < -0.4 is 5.32 Å². The molecule has 0 spiro atoms. The van der Waals surface area contributed by atoms with Gasteiger partial charge in [0.2, 0.25) is 11.0 Å². The van der Waals surface area contributed by atoms with E-state index in [1.165, 1.54) is 11.5 Å². The van der Waals surface area contributed by atoms with E-state index in [4.69, 9.17) is 0 Å². The van der Waals surface area contributed by atoms with Crippen molar-refractivity contribution in [2.45, 2.75) is 52.1 Å². The summed E-state index contributed by atoms with van der Waals surface area (Å²) in [6.45, 7) is 8.96. The molecule has 1 aromatic heterocycles. The van der Waals surface area contributed by atoms with E-state index in [1.54, 1.807) is 0 Å². The predicted molar refractivity (Wildman–Crippen MR) is 72.8 cm³/mol. The van der Waals surface area contributed by atoms with Gasteiger partial charge in [-0.1, -0.05) is 6.92 Å². The quantitative estimate of drug-likeness (QED) is 0.910. The number of aryl methyl sites for hydroxylation is 1. The summed E-state index contributed by atoms with van der Waals surface area (Å²) < 4.78 is 4.23. The summed E-state index contributed by atoms with van der Waals surface area (Å²) in [7, 11) is 0. The molecule has 2 rings (SSSR count). The van der Waals surface area contributed by atoms with E-state index in [9.17, 15) is 4.79 Å². The Bertz CT molecular complexity index is 438. The maximum absolute atomic E-state index is 11.9. The highest BCUT2D eigenvalue weighted by Gasteiger charge is 2.36. The molecular weight excluding hydrogens is 248 g/mol. The number of aromatic nitrogens is 2. The van der Waals surface area contributed by atoms with E-state index >= 15 is 0 Å². The van der Waals surface area contributed by atoms with Gasteiger partial charge in [0.25, 0.3) is 0 Å². The molecule has 1 fully saturated rings. The van der Waals surface area contributed by atoms with Gasteiger partial charge in [0.15, 0.2) is 0 Å². The van der Waals surface area contributed by atoms with Crippen LogP contribution in [0.5, 0.6) is 0 Å². The Morgan fingerprint density at radius 3 is 2.72 bits per heavy atom. The lowest BCUT2D eigenvalue weighted by molar-refractivity contribution is -0.131. The largest absolute Gasteiger partial charge is 0.355 e. The summed E-state index contributed by atoms with van der Waals surface area (Å²) in [6, 6.07) is 0.148. The number of nitrogens with zero attached hydrogens (tertiary/aromatic N) is 3. The third-order valence-electron chi connectivity index (χ3n) is 3.05. The predicted octanol–water partition coefficient (Wildman–Crippen LogP) is 1.91. The molecule has 6 heteroatoms. The van der Waals surface area contributed by atoms with Crippen LogP contribution >= 0.6 is 11.5 Å². The monoisotopic (exact) mass is 268 g/mol. The molecule has 1 atom stereocenters. The van der Waals surface area contributed by atoms with Crippen LogP contribution in [0.15, 0.2) is 0 Å². The summed E-state index contributed by atoms with van der Waals surface area (Å²) in [5, 5.41) is 4.13. The normalized spacial score (nSPS) is 20.6. The van der Waals surface area contributed by atoms with Crippen LogP contribution in [0.25, 0.3) is 0 Å². The Kier molecular flexibility index (Phi) is 3.56. The molecule has 100 valence electrons. The van der Waals surface area contributed by atoms with Crippen LogP contribution in [-0.4, -0.2) is 38.3 Å². The van der Waals surface area contributed by atoms with Gasteiger partial charge in [0.05, 0.1) is 6.04 Å². The lowest BCUT2D eigenvalue weighted by Gasteiger charge is -2.32. The minimum Gasteiger partial charge on any atom is -0.355 e. The van der Waals surface area contributed by atoms with Crippen LogP contribution in [0.2, 0.25) is 0 Å². The first-order chi connectivity index (χ1) is 8.40. The Balaban J connectivity index is 1.98. The number of likely N-dealkylation sites (tertiary alicyclic amines) is 1. The fraction of sp³-hybridized carbons (Fsp3) is 0.750. The molecule has 0 radical (unpaired) electrons. The second kappa shape index (κ2) is 4.84. The Morgan fingerprint density at radius 2 is 2.22 bits per heavy atom. The van der Waals surface area contributed by atoms with Gasteiger partial charge < -0.3 is 10.2 Å². The average molecular weight is 268 g/mol. The molecule has 1 amide bonds. The maximum Gasteiger partial charge on any atom is 0.225 e. The van der Waals surface area contributed by atoms with Crippen LogP contribution in [-0.2, 0) is 11.2 Å². The molecule has 1 aliphatic heterocycles. The van der Waals surface area contributed by atoms with Crippen LogP contribution in [0.3, 0.4) is 0 Å². The molecule has 0 unspecified atom stereocenters. The molecule has 0 aromatic carbocycles. The number of hydrogen-bond acceptors (Lipinski definition) is 5. The minimum atomic E-state index is -0.108. The number of amides is 1. The first-order valence-corrected chi connectivity index (χ1v) is 7.07. The minimum absolute atomic E-state index is 0.108. The third-order valence-corrected chi connectivity index (χ3v) is 3.73. The van der Waals surface area contributed by atoms with Gasteiger partial charge >= 0.3 is 0 Å². The van der Waals surface area contributed by atoms with E-state index < -0.39 is 0 Å². The molecule has 2 heterocycles. The number of nitrogens with one attached hydrogen (secondary N) is 1. The van der Waals surface area contributed by atoms with Crippen molar-refractivity contribution in [2.75, 3.05) is 11.9 Å². The van der Waals surface area contributed by atoms with Crippen molar-refractivity contribution >= 4 is 22.6 Å². The zero-order chi connectivity index (χ0) is 13.3. The van der Waals surface area contributed by atoms with Crippen LogP contribution in [0.4, 0.5) is 5.13 Å². The number of hydrogen-bond donors (Lipinski definition) is 1. The lowest BCUT2D eigenvalue weighted by Crippen LogP contribution is -2.43. The summed E-state index contributed by atoms with van der Waals surface area (Å²) in [4.78, 5) is 18.2. The molecule has 1 aromatic rings. The molecule has 5 nitrogen and oxygen atoms in total. The highest BCUT2D eigenvalue weighted by atomic mass is 32.1. The van der Waals surface area contributed by atoms with Crippen molar-refractivity contribution in [2.24, 2.45) is 0 Å². The third kappa shape index (κ3) is 2.80. The average Bonchev–Trinajstić information content (AvgIpc) is 2.84. The van der Waals surface area contributed by atoms with Gasteiger partial charge in [-0.3, -0.25) is 4.79 Å². The van der Waals surface area contributed by atoms with Crippen molar-refractivity contribution in [1.82, 2.24) is 14.3 Å². The van der Waals surface area contributed by atoms with Crippen molar-refractivity contribution in [3.05, 3.63) is 5.82 Å². The summed E-state index contributed by atoms with van der Waals surface area (Å²) in [6.07, 6.45) is 1.38. The van der Waals surface area contributed by atoms with Crippen molar-refractivity contribution in [1.29, 1.82) is 0 Å². The zero-order valence-electron chi connectivity index (χ0n) is 11.4. The molecule has 1 N–H and O–H groups in total. The van der Waals surface area contributed by atoms with Crippen LogP contribution in [0, 0.1) is 0 Å². The van der Waals surface area contributed by atoms with Crippen LogP contribution in [0.1, 0.15) is 39.9 Å². The van der Waals surface area contributed by atoms with Crippen molar-refractivity contribution in [3.8, 4) is 0 Å². The van der Waals surface area contributed by atoms with E-state index in [-0.39, 0.29) is 17.5 Å². The van der Waals surface area contributed by atoms with Gasteiger partial charge in [-0.2, -0.15) is 4.37 Å². The van der Waals surface area contributed by atoms with Crippen molar-refractivity contribution < 1.29 is 4.79 Å².